The topological polar surface area (TPSA) is 154 Å². The van der Waals surface area contributed by atoms with Crippen LogP contribution in [0, 0.1) is 0 Å². The number of piperidine rings is 1. The molecular formula is C30H39N3O8S2. The summed E-state index contributed by atoms with van der Waals surface area (Å²) in [4.78, 5) is 0.300. The van der Waals surface area contributed by atoms with Gasteiger partial charge in [0, 0.05) is 37.8 Å². The maximum atomic E-state index is 13.4. The molecule has 2 aliphatic heterocycles. The van der Waals surface area contributed by atoms with Crippen LogP contribution in [0.4, 0.5) is 0 Å². The second kappa shape index (κ2) is 13.2. The normalized spacial score (nSPS) is 20.8. The van der Waals surface area contributed by atoms with Gasteiger partial charge in [0.25, 0.3) is 0 Å². The molecule has 0 radical (unpaired) electrons. The number of hydrogen-bond acceptors (Lipinski definition) is 9. The minimum absolute atomic E-state index is 0.00225. The molecule has 4 N–H and O–H groups in total. The number of nitrogens with zero attached hydrogens (tertiary/aromatic N) is 1. The molecule has 3 aromatic carbocycles. The molecular weight excluding hydrogens is 594 g/mol. The van der Waals surface area contributed by atoms with Crippen molar-refractivity contribution in [2.45, 2.75) is 59.8 Å². The third kappa shape index (κ3) is 7.55. The molecule has 2 aliphatic rings. The van der Waals surface area contributed by atoms with Gasteiger partial charge >= 0.3 is 0 Å². The van der Waals surface area contributed by atoms with E-state index in [1.165, 1.54) is 16.4 Å². The second-order valence-electron chi connectivity index (χ2n) is 11.4. The van der Waals surface area contributed by atoms with Crippen molar-refractivity contribution in [3.05, 3.63) is 66.7 Å². The Balaban J connectivity index is 1.08. The SMILES string of the molecule is CC(CO)NS(=O)(=O)c1cccc(OC[C@@H](O)CNC2COC3(CCN(S(=O)(=O)c4ccc5ccccc5c4)CC3)C2)c1. The van der Waals surface area contributed by atoms with Crippen LogP contribution in [-0.4, -0.2) is 94.6 Å². The summed E-state index contributed by atoms with van der Waals surface area (Å²) in [6.07, 6.45) is 1.05. The molecule has 3 atom stereocenters. The van der Waals surface area contributed by atoms with Gasteiger partial charge in [0.05, 0.1) is 28.6 Å². The molecule has 2 fully saturated rings. The number of aliphatic hydroxyl groups is 2. The van der Waals surface area contributed by atoms with Gasteiger partial charge in [0.15, 0.2) is 0 Å². The number of sulfonamides is 2. The molecule has 0 amide bonds. The van der Waals surface area contributed by atoms with E-state index < -0.39 is 37.8 Å². The Bertz CT molecular complexity index is 1630. The molecule has 0 aromatic heterocycles. The smallest absolute Gasteiger partial charge is 0.243 e. The highest BCUT2D eigenvalue weighted by Crippen LogP contribution is 2.37. The maximum Gasteiger partial charge on any atom is 0.243 e. The number of ether oxygens (including phenoxy) is 2. The lowest BCUT2D eigenvalue weighted by Crippen LogP contribution is -2.47. The Morgan fingerprint density at radius 3 is 2.49 bits per heavy atom. The maximum absolute atomic E-state index is 13.4. The first-order valence-corrected chi connectivity index (χ1v) is 17.3. The van der Waals surface area contributed by atoms with Crippen LogP contribution in [0.5, 0.6) is 5.75 Å². The third-order valence-electron chi connectivity index (χ3n) is 8.03. The van der Waals surface area contributed by atoms with Gasteiger partial charge in [-0.2, -0.15) is 4.31 Å². The van der Waals surface area contributed by atoms with Gasteiger partial charge in [0.1, 0.15) is 18.5 Å². The van der Waals surface area contributed by atoms with Crippen LogP contribution < -0.4 is 14.8 Å². The van der Waals surface area contributed by atoms with Gasteiger partial charge in [-0.15, -0.1) is 0 Å². The number of benzene rings is 3. The average molecular weight is 634 g/mol. The molecule has 1 spiro atoms. The Kier molecular flexibility index (Phi) is 9.73. The van der Waals surface area contributed by atoms with Crippen molar-refractivity contribution in [3.8, 4) is 5.75 Å². The summed E-state index contributed by atoms with van der Waals surface area (Å²) in [6, 6.07) is 18.2. The van der Waals surface area contributed by atoms with Gasteiger partial charge in [-0.25, -0.2) is 21.6 Å². The first-order chi connectivity index (χ1) is 20.5. The molecule has 3 aromatic rings. The Hall–Kier alpha value is -2.62. The number of aliphatic hydroxyl groups excluding tert-OH is 2. The van der Waals surface area contributed by atoms with Crippen LogP contribution in [0.3, 0.4) is 0 Å². The van der Waals surface area contributed by atoms with Crippen LogP contribution in [-0.2, 0) is 24.8 Å². The number of rotatable bonds is 12. The zero-order valence-electron chi connectivity index (χ0n) is 24.1. The molecule has 234 valence electrons. The van der Waals surface area contributed by atoms with Gasteiger partial charge in [-0.3, -0.25) is 0 Å². The van der Waals surface area contributed by atoms with Crippen LogP contribution in [0.1, 0.15) is 26.2 Å². The molecule has 43 heavy (non-hydrogen) atoms. The fraction of sp³-hybridized carbons (Fsp3) is 0.467. The van der Waals surface area contributed by atoms with Crippen molar-refractivity contribution in [1.29, 1.82) is 0 Å². The molecule has 13 heteroatoms. The fourth-order valence-electron chi connectivity index (χ4n) is 5.59. The Morgan fingerprint density at radius 1 is 1.00 bits per heavy atom. The summed E-state index contributed by atoms with van der Waals surface area (Å²) < 4.78 is 67.4. The molecule has 0 aliphatic carbocycles. The molecule has 2 heterocycles. The molecule has 2 saturated heterocycles. The second-order valence-corrected chi connectivity index (χ2v) is 15.0. The predicted octanol–water partition coefficient (Wildman–Crippen LogP) is 1.84. The van der Waals surface area contributed by atoms with E-state index >= 15 is 0 Å². The van der Waals surface area contributed by atoms with Crippen molar-refractivity contribution in [2.75, 3.05) is 39.5 Å². The van der Waals surface area contributed by atoms with Crippen molar-refractivity contribution in [3.63, 3.8) is 0 Å². The Labute approximate surface area is 252 Å². The fourth-order valence-corrected chi connectivity index (χ4v) is 8.34. The van der Waals surface area contributed by atoms with Crippen LogP contribution >= 0.6 is 0 Å². The van der Waals surface area contributed by atoms with E-state index in [-0.39, 0.29) is 30.7 Å². The van der Waals surface area contributed by atoms with Crippen LogP contribution in [0.15, 0.2) is 76.5 Å². The van der Waals surface area contributed by atoms with Gasteiger partial charge in [0.2, 0.25) is 20.0 Å². The first kappa shape index (κ1) is 31.8. The lowest BCUT2D eigenvalue weighted by atomic mass is 9.88. The summed E-state index contributed by atoms with van der Waals surface area (Å²) in [5.74, 6) is 0.298. The van der Waals surface area contributed by atoms with Gasteiger partial charge < -0.3 is 25.0 Å². The highest BCUT2D eigenvalue weighted by atomic mass is 32.2. The minimum Gasteiger partial charge on any atom is -0.491 e. The van der Waals surface area contributed by atoms with Gasteiger partial charge in [-0.1, -0.05) is 36.4 Å². The van der Waals surface area contributed by atoms with Crippen LogP contribution in [0.25, 0.3) is 10.8 Å². The monoisotopic (exact) mass is 633 g/mol. The molecule has 2 unspecified atom stereocenters. The van der Waals surface area contributed by atoms with E-state index in [9.17, 15) is 21.9 Å². The highest BCUT2D eigenvalue weighted by molar-refractivity contribution is 7.89. The summed E-state index contributed by atoms with van der Waals surface area (Å²) in [7, 11) is -7.43. The molecule has 11 nitrogen and oxygen atoms in total. The van der Waals surface area contributed by atoms with Crippen LogP contribution in [0.2, 0.25) is 0 Å². The minimum atomic E-state index is -3.82. The van der Waals surface area contributed by atoms with E-state index in [0.29, 0.717) is 49.6 Å². The summed E-state index contributed by atoms with van der Waals surface area (Å²) >= 11 is 0. The molecule has 0 saturated carbocycles. The van der Waals surface area contributed by atoms with Crippen molar-refractivity contribution in [1.82, 2.24) is 14.3 Å². The van der Waals surface area contributed by atoms with Crippen molar-refractivity contribution >= 4 is 30.8 Å². The number of fused-ring (bicyclic) bond motifs is 1. The lowest BCUT2D eigenvalue weighted by Gasteiger charge is -2.38. The Morgan fingerprint density at radius 2 is 1.74 bits per heavy atom. The number of hydrogen-bond donors (Lipinski definition) is 4. The summed E-state index contributed by atoms with van der Waals surface area (Å²) in [6.45, 7) is 2.65. The zero-order valence-corrected chi connectivity index (χ0v) is 25.7. The molecule has 5 rings (SSSR count). The largest absolute Gasteiger partial charge is 0.491 e. The number of nitrogens with one attached hydrogen (secondary N) is 2. The predicted molar refractivity (Wildman–Crippen MR) is 162 cm³/mol. The third-order valence-corrected chi connectivity index (χ3v) is 11.5. The first-order valence-electron chi connectivity index (χ1n) is 14.4. The van der Waals surface area contributed by atoms with E-state index in [1.54, 1.807) is 31.2 Å². The van der Waals surface area contributed by atoms with Crippen molar-refractivity contribution < 1.29 is 36.5 Å². The summed E-state index contributed by atoms with van der Waals surface area (Å²) in [5, 5.41) is 24.8. The average Bonchev–Trinajstić information content (AvgIpc) is 3.40. The van der Waals surface area contributed by atoms with E-state index in [4.69, 9.17) is 14.6 Å². The summed E-state index contributed by atoms with van der Waals surface area (Å²) in [5.41, 5.74) is -0.401. The van der Waals surface area contributed by atoms with Gasteiger partial charge in [-0.05, 0) is 61.2 Å². The zero-order chi connectivity index (χ0) is 30.7. The van der Waals surface area contributed by atoms with E-state index in [2.05, 4.69) is 10.0 Å². The lowest BCUT2D eigenvalue weighted by molar-refractivity contribution is -0.0312. The highest BCUT2D eigenvalue weighted by Gasteiger charge is 2.44. The van der Waals surface area contributed by atoms with E-state index in [0.717, 1.165) is 10.8 Å². The van der Waals surface area contributed by atoms with Crippen molar-refractivity contribution in [2.24, 2.45) is 0 Å². The quantitative estimate of drug-likeness (QED) is 0.234. The molecule has 0 bridgehead atoms. The standard InChI is InChI=1S/C30H39N3O8S2/c1-22(19-34)32-42(36,37)28-8-4-7-27(16-28)40-21-26(35)18-31-25-17-30(41-20-25)11-13-33(14-12-30)43(38,39)29-10-9-23-5-2-3-6-24(23)15-29/h2-10,15-16,22,25-26,31-32,34-35H,11-14,17-21H2,1H3/t22?,25?,26-/m0/s1. The van der Waals surface area contributed by atoms with E-state index in [1.807, 2.05) is 30.3 Å².